The molecule has 0 radical (unpaired) electrons. The maximum absolute atomic E-state index is 10.6. The van der Waals surface area contributed by atoms with E-state index < -0.39 is 24.2 Å². The molecule has 3 aromatic rings. The van der Waals surface area contributed by atoms with E-state index in [2.05, 4.69) is 15.6 Å². The molecule has 2 aliphatic carbocycles. The van der Waals surface area contributed by atoms with Crippen LogP contribution < -0.4 is 10.6 Å². The van der Waals surface area contributed by atoms with Crippen LogP contribution in [0.1, 0.15) is 37.6 Å². The van der Waals surface area contributed by atoms with Gasteiger partial charge in [0.2, 0.25) is 5.95 Å². The Balaban J connectivity index is 1.44. The minimum Gasteiger partial charge on any atom is -0.396 e. The van der Waals surface area contributed by atoms with Crippen molar-refractivity contribution >= 4 is 33.3 Å². The van der Waals surface area contributed by atoms with E-state index in [1.807, 2.05) is 26.8 Å². The molecular formula is C25H34N6O4S. The molecule has 2 saturated carbocycles. The van der Waals surface area contributed by atoms with Gasteiger partial charge in [-0.05, 0) is 52.0 Å². The highest BCUT2D eigenvalue weighted by molar-refractivity contribution is 7.21. The van der Waals surface area contributed by atoms with Gasteiger partial charge < -0.3 is 30.7 Å². The van der Waals surface area contributed by atoms with Crippen molar-refractivity contribution in [2.75, 3.05) is 30.4 Å². The van der Waals surface area contributed by atoms with Crippen LogP contribution in [0.4, 0.5) is 11.8 Å². The van der Waals surface area contributed by atoms with Gasteiger partial charge >= 0.3 is 0 Å². The summed E-state index contributed by atoms with van der Waals surface area (Å²) in [6, 6.07) is 1.48. The highest BCUT2D eigenvalue weighted by Crippen LogP contribution is 2.38. The van der Waals surface area contributed by atoms with Crippen molar-refractivity contribution < 1.29 is 20.1 Å². The predicted molar refractivity (Wildman–Crippen MR) is 139 cm³/mol. The van der Waals surface area contributed by atoms with Crippen LogP contribution in [-0.2, 0) is 4.74 Å². The monoisotopic (exact) mass is 514 g/mol. The molecule has 194 valence electrons. The Morgan fingerprint density at radius 1 is 1.08 bits per heavy atom. The van der Waals surface area contributed by atoms with Crippen LogP contribution in [0.3, 0.4) is 0 Å². The SMILES string of the molecule is CCO[C@H]1C[C@H](CNc2nc(C)c(-c3nc4c(C)nccc4s3)c(N[C@@H]3C[C@H](CO)[C@@H](O)[C@H]3O)n2)C1. The van der Waals surface area contributed by atoms with Crippen LogP contribution in [0.25, 0.3) is 20.8 Å². The number of fused-ring (bicyclic) bond motifs is 1. The van der Waals surface area contributed by atoms with Crippen LogP contribution in [0.2, 0.25) is 0 Å². The first-order chi connectivity index (χ1) is 17.4. The minimum absolute atomic E-state index is 0.187. The lowest BCUT2D eigenvalue weighted by atomic mass is 9.82. The summed E-state index contributed by atoms with van der Waals surface area (Å²) >= 11 is 1.54. The lowest BCUT2D eigenvalue weighted by molar-refractivity contribution is -0.0205. The van der Waals surface area contributed by atoms with Crippen LogP contribution in [-0.4, -0.2) is 79.4 Å². The minimum atomic E-state index is -1.02. The van der Waals surface area contributed by atoms with Crippen molar-refractivity contribution in [3.63, 3.8) is 0 Å². The first-order valence-electron chi connectivity index (χ1n) is 12.6. The van der Waals surface area contributed by atoms with Gasteiger partial charge in [-0.25, -0.2) is 9.97 Å². The van der Waals surface area contributed by atoms with E-state index in [0.717, 1.165) is 58.2 Å². The molecule has 11 heteroatoms. The third-order valence-corrected chi connectivity index (χ3v) is 8.33. The zero-order valence-electron chi connectivity index (χ0n) is 20.8. The summed E-state index contributed by atoms with van der Waals surface area (Å²) in [4.78, 5) is 18.7. The van der Waals surface area contributed by atoms with E-state index in [9.17, 15) is 15.3 Å². The van der Waals surface area contributed by atoms with Gasteiger partial charge in [0.25, 0.3) is 0 Å². The number of nitrogens with zero attached hydrogens (tertiary/aromatic N) is 4. The second kappa shape index (κ2) is 10.5. The van der Waals surface area contributed by atoms with Crippen molar-refractivity contribution in [3.05, 3.63) is 23.7 Å². The van der Waals surface area contributed by atoms with Crippen LogP contribution in [0, 0.1) is 25.7 Å². The van der Waals surface area contributed by atoms with Gasteiger partial charge in [-0.1, -0.05) is 0 Å². The normalized spacial score (nSPS) is 27.8. The maximum Gasteiger partial charge on any atom is 0.224 e. The van der Waals surface area contributed by atoms with Gasteiger partial charge in [-0.3, -0.25) is 4.98 Å². The van der Waals surface area contributed by atoms with Gasteiger partial charge in [-0.2, -0.15) is 4.98 Å². The van der Waals surface area contributed by atoms with Gasteiger partial charge in [0.1, 0.15) is 22.4 Å². The van der Waals surface area contributed by atoms with Crippen molar-refractivity contribution in [1.82, 2.24) is 19.9 Å². The number of hydrogen-bond donors (Lipinski definition) is 5. The summed E-state index contributed by atoms with van der Waals surface area (Å²) < 4.78 is 6.69. The molecule has 10 nitrogen and oxygen atoms in total. The van der Waals surface area contributed by atoms with Gasteiger partial charge in [0.05, 0.1) is 39.9 Å². The zero-order chi connectivity index (χ0) is 25.4. The molecule has 0 aromatic carbocycles. The third kappa shape index (κ3) is 4.90. The molecule has 0 aliphatic heterocycles. The highest BCUT2D eigenvalue weighted by Gasteiger charge is 2.41. The number of rotatable bonds is 9. The fraction of sp³-hybridized carbons (Fsp3) is 0.600. The number of ether oxygens (including phenoxy) is 1. The number of hydrogen-bond acceptors (Lipinski definition) is 11. The molecule has 0 amide bonds. The molecule has 5 N–H and O–H groups in total. The number of thiazole rings is 1. The lowest BCUT2D eigenvalue weighted by Crippen LogP contribution is -2.36. The Hall–Kier alpha value is -2.44. The molecule has 4 atom stereocenters. The van der Waals surface area contributed by atoms with Crippen molar-refractivity contribution in [2.24, 2.45) is 11.8 Å². The van der Waals surface area contributed by atoms with Crippen molar-refractivity contribution in [1.29, 1.82) is 0 Å². The Morgan fingerprint density at radius 3 is 2.58 bits per heavy atom. The topological polar surface area (TPSA) is 146 Å². The van der Waals surface area contributed by atoms with Crippen LogP contribution in [0.15, 0.2) is 12.3 Å². The fourth-order valence-electron chi connectivity index (χ4n) is 5.17. The lowest BCUT2D eigenvalue weighted by Gasteiger charge is -2.35. The van der Waals surface area contributed by atoms with Crippen LogP contribution in [0.5, 0.6) is 0 Å². The van der Waals surface area contributed by atoms with E-state index >= 15 is 0 Å². The standard InChI is InChI=1S/C25H34N6O4S/c1-4-35-16-7-14(8-16)10-27-25-28-12(2)19(24-30-20-13(3)26-6-5-18(20)36-24)23(31-25)29-17-9-15(11-32)21(33)22(17)34/h5-6,14-17,21-22,32-34H,4,7-11H2,1-3H3,(H2,27,28,29,31)/t14-,15-,16-,17-,21-,22+/m1/s1. The number of aliphatic hydroxyl groups is 3. The van der Waals surface area contributed by atoms with Crippen molar-refractivity contribution in [3.8, 4) is 10.6 Å². The molecule has 0 bridgehead atoms. The summed E-state index contributed by atoms with van der Waals surface area (Å²) in [5, 5.41) is 38.1. The Labute approximate surface area is 214 Å². The average Bonchev–Trinajstić information content (AvgIpc) is 3.37. The molecule has 0 unspecified atom stereocenters. The summed E-state index contributed by atoms with van der Waals surface area (Å²) in [5.41, 5.74) is 3.21. The smallest absolute Gasteiger partial charge is 0.224 e. The number of nitrogens with one attached hydrogen (secondary N) is 2. The molecule has 5 rings (SSSR count). The number of pyridine rings is 1. The first kappa shape index (κ1) is 25.2. The second-order valence-corrected chi connectivity index (χ2v) is 10.9. The molecule has 0 spiro atoms. The third-order valence-electron chi connectivity index (χ3n) is 7.30. The van der Waals surface area contributed by atoms with Crippen molar-refractivity contribution in [2.45, 2.75) is 64.4 Å². The number of aryl methyl sites for hydroxylation is 2. The van der Waals surface area contributed by atoms with E-state index in [1.165, 1.54) is 0 Å². The summed E-state index contributed by atoms with van der Waals surface area (Å²) in [5.74, 6) is 1.17. The largest absolute Gasteiger partial charge is 0.396 e. The zero-order valence-corrected chi connectivity index (χ0v) is 21.6. The molecular weight excluding hydrogens is 480 g/mol. The molecule has 2 fully saturated rings. The van der Waals surface area contributed by atoms with E-state index in [4.69, 9.17) is 19.7 Å². The average molecular weight is 515 g/mol. The summed E-state index contributed by atoms with van der Waals surface area (Å²) in [6.45, 7) is 7.19. The second-order valence-electron chi connectivity index (χ2n) is 9.82. The number of aliphatic hydroxyl groups excluding tert-OH is 3. The first-order valence-corrected chi connectivity index (χ1v) is 13.4. The van der Waals surface area contributed by atoms with Gasteiger partial charge in [0, 0.05) is 31.9 Å². The molecule has 3 aromatic heterocycles. The van der Waals surface area contributed by atoms with E-state index in [0.29, 0.717) is 30.2 Å². The fourth-order valence-corrected chi connectivity index (χ4v) is 6.28. The summed E-state index contributed by atoms with van der Waals surface area (Å²) in [7, 11) is 0. The summed E-state index contributed by atoms with van der Waals surface area (Å²) in [6.07, 6.45) is 2.58. The Bertz CT molecular complexity index is 1220. The van der Waals surface area contributed by atoms with Gasteiger partial charge in [-0.15, -0.1) is 11.3 Å². The molecule has 0 saturated heterocycles. The molecule has 2 aliphatic rings. The molecule has 36 heavy (non-hydrogen) atoms. The quantitative estimate of drug-likeness (QED) is 0.289. The Morgan fingerprint density at radius 2 is 1.89 bits per heavy atom. The van der Waals surface area contributed by atoms with Crippen LogP contribution >= 0.6 is 11.3 Å². The predicted octanol–water partition coefficient (Wildman–Crippen LogP) is 2.51. The highest BCUT2D eigenvalue weighted by atomic mass is 32.1. The Kier molecular flexibility index (Phi) is 7.36. The van der Waals surface area contributed by atoms with E-state index in [1.54, 1.807) is 17.5 Å². The number of anilines is 2. The maximum atomic E-state index is 10.6. The van der Waals surface area contributed by atoms with Gasteiger partial charge in [0.15, 0.2) is 0 Å². The number of aromatic nitrogens is 4. The van der Waals surface area contributed by atoms with E-state index in [-0.39, 0.29) is 6.61 Å². The molecule has 3 heterocycles.